The number of ether oxygens (including phenoxy) is 2. The van der Waals surface area contributed by atoms with Crippen molar-refractivity contribution < 1.29 is 27.8 Å². The monoisotopic (exact) mass is 477 g/mol. The molecule has 0 aromatic heterocycles. The first-order chi connectivity index (χ1) is 16.3. The van der Waals surface area contributed by atoms with E-state index >= 15 is 0 Å². The quantitative estimate of drug-likeness (QED) is 0.453. The van der Waals surface area contributed by atoms with Crippen LogP contribution < -0.4 is 19.7 Å². The number of rotatable bonds is 12. The van der Waals surface area contributed by atoms with E-state index in [1.165, 1.54) is 6.07 Å². The van der Waals surface area contributed by atoms with Gasteiger partial charge in [0.15, 0.2) is 18.1 Å². The Labute approximate surface area is 197 Å². The molecule has 0 amide bonds. The van der Waals surface area contributed by atoms with Gasteiger partial charge in [0.2, 0.25) is 0 Å². The van der Waals surface area contributed by atoms with E-state index in [0.717, 1.165) is 42.7 Å². The first kappa shape index (κ1) is 25.7. The molecule has 3 rings (SSSR count). The van der Waals surface area contributed by atoms with Gasteiger partial charge in [-0.2, -0.15) is 18.4 Å². The van der Waals surface area contributed by atoms with Crippen molar-refractivity contribution in [2.45, 2.75) is 38.4 Å². The highest BCUT2D eigenvalue weighted by atomic mass is 19.4. The van der Waals surface area contributed by atoms with Crippen LogP contribution in [0.2, 0.25) is 0 Å². The van der Waals surface area contributed by atoms with Gasteiger partial charge in [-0.1, -0.05) is 18.2 Å². The Morgan fingerprint density at radius 3 is 2.62 bits per heavy atom. The number of hydrogen-bond acceptors (Lipinski definition) is 6. The molecule has 2 aromatic rings. The first-order valence-corrected chi connectivity index (χ1v) is 11.4. The maximum Gasteiger partial charge on any atom is 0.422 e. The zero-order valence-corrected chi connectivity index (χ0v) is 19.2. The maximum atomic E-state index is 12.4. The van der Waals surface area contributed by atoms with Gasteiger partial charge in [-0.15, -0.1) is 0 Å². The van der Waals surface area contributed by atoms with E-state index in [-0.39, 0.29) is 30.8 Å². The highest BCUT2D eigenvalue weighted by Gasteiger charge is 2.29. The number of halogens is 3. The van der Waals surface area contributed by atoms with Gasteiger partial charge in [0, 0.05) is 32.3 Å². The fourth-order valence-corrected chi connectivity index (χ4v) is 4.12. The number of alkyl halides is 3. The predicted octanol–water partition coefficient (Wildman–Crippen LogP) is 3.84. The summed E-state index contributed by atoms with van der Waals surface area (Å²) in [5, 5.41) is 22.1. The van der Waals surface area contributed by atoms with Gasteiger partial charge in [0.25, 0.3) is 0 Å². The third-order valence-corrected chi connectivity index (χ3v) is 5.56. The third-order valence-electron chi connectivity index (χ3n) is 5.56. The van der Waals surface area contributed by atoms with Crippen molar-refractivity contribution >= 4 is 5.69 Å². The normalized spacial score (nSPS) is 13.9. The number of aliphatic hydroxyl groups excluding tert-OH is 1. The summed E-state index contributed by atoms with van der Waals surface area (Å²) in [4.78, 5) is 2.17. The van der Waals surface area contributed by atoms with Gasteiger partial charge in [-0.25, -0.2) is 0 Å². The predicted molar refractivity (Wildman–Crippen MR) is 123 cm³/mol. The highest BCUT2D eigenvalue weighted by Crippen LogP contribution is 2.33. The molecule has 0 fully saturated rings. The summed E-state index contributed by atoms with van der Waals surface area (Å²) in [5.41, 5.74) is 3.89. The molecular weight excluding hydrogens is 447 g/mol. The van der Waals surface area contributed by atoms with Crippen LogP contribution in [0.4, 0.5) is 18.9 Å². The van der Waals surface area contributed by atoms with Crippen molar-refractivity contribution in [2.24, 2.45) is 0 Å². The van der Waals surface area contributed by atoms with Gasteiger partial charge in [-0.05, 0) is 55.5 Å². The molecule has 1 aliphatic heterocycles. The maximum absolute atomic E-state index is 12.4. The smallest absolute Gasteiger partial charge is 0.422 e. The molecule has 9 heteroatoms. The molecule has 1 unspecified atom stereocenters. The van der Waals surface area contributed by atoms with Gasteiger partial charge < -0.3 is 24.8 Å². The molecule has 2 aromatic carbocycles. The van der Waals surface area contributed by atoms with Crippen LogP contribution >= 0.6 is 0 Å². The standard InChI is InChI=1S/C25H30F3N3O3/c1-18(30-8-12-33-22-5-2-3-6-23(22)34-17-25(26,27)28)13-19-14-20-7-10-31(9-4-11-32)24(20)21(15-19)16-29/h2-3,5-6,14-15,18,30,32H,4,7-13,17H2,1H3. The van der Waals surface area contributed by atoms with E-state index < -0.39 is 12.8 Å². The Hall–Kier alpha value is -2.96. The number of para-hydroxylation sites is 2. The van der Waals surface area contributed by atoms with Crippen LogP contribution in [0.15, 0.2) is 36.4 Å². The number of fused-ring (bicyclic) bond motifs is 1. The van der Waals surface area contributed by atoms with Crippen molar-refractivity contribution in [2.75, 3.05) is 44.4 Å². The fraction of sp³-hybridized carbons (Fsp3) is 0.480. The highest BCUT2D eigenvalue weighted by molar-refractivity contribution is 5.68. The molecule has 184 valence electrons. The minimum atomic E-state index is -4.41. The second-order valence-corrected chi connectivity index (χ2v) is 8.34. The molecule has 1 aliphatic rings. The van der Waals surface area contributed by atoms with Crippen molar-refractivity contribution in [3.05, 3.63) is 53.1 Å². The third kappa shape index (κ3) is 7.27. The molecule has 34 heavy (non-hydrogen) atoms. The van der Waals surface area contributed by atoms with Gasteiger partial charge in [-0.3, -0.25) is 0 Å². The van der Waals surface area contributed by atoms with E-state index in [2.05, 4.69) is 22.4 Å². The fourth-order valence-electron chi connectivity index (χ4n) is 4.12. The second kappa shape index (κ2) is 12.0. The molecule has 0 aliphatic carbocycles. The summed E-state index contributed by atoms with van der Waals surface area (Å²) >= 11 is 0. The Morgan fingerprint density at radius 1 is 1.21 bits per heavy atom. The van der Waals surface area contributed by atoms with E-state index in [1.807, 2.05) is 13.0 Å². The lowest BCUT2D eigenvalue weighted by atomic mass is 9.99. The zero-order chi connectivity index (χ0) is 24.6. The molecule has 0 bridgehead atoms. The first-order valence-electron chi connectivity index (χ1n) is 11.4. The average Bonchev–Trinajstić information content (AvgIpc) is 3.21. The van der Waals surface area contributed by atoms with Crippen molar-refractivity contribution in [3.63, 3.8) is 0 Å². The van der Waals surface area contributed by atoms with Gasteiger partial charge in [0.1, 0.15) is 12.7 Å². The van der Waals surface area contributed by atoms with Gasteiger partial charge >= 0.3 is 6.18 Å². The lowest BCUT2D eigenvalue weighted by molar-refractivity contribution is -0.153. The molecule has 0 saturated carbocycles. The molecule has 1 atom stereocenters. The van der Waals surface area contributed by atoms with Crippen LogP contribution in [-0.2, 0) is 12.8 Å². The molecule has 0 spiro atoms. The number of aliphatic hydroxyl groups is 1. The van der Waals surface area contributed by atoms with Crippen LogP contribution in [0.5, 0.6) is 11.5 Å². The molecule has 6 nitrogen and oxygen atoms in total. The number of hydrogen-bond donors (Lipinski definition) is 2. The van der Waals surface area contributed by atoms with Crippen molar-refractivity contribution in [1.29, 1.82) is 5.26 Å². The van der Waals surface area contributed by atoms with Crippen LogP contribution in [0.1, 0.15) is 30.0 Å². The minimum absolute atomic E-state index is 0.0584. The lowest BCUT2D eigenvalue weighted by Crippen LogP contribution is -2.32. The van der Waals surface area contributed by atoms with Crippen molar-refractivity contribution in [1.82, 2.24) is 5.32 Å². The number of benzene rings is 2. The SMILES string of the molecule is CC(Cc1cc(C#N)c2c(c1)CCN2CCCO)NCCOc1ccccc1OCC(F)(F)F. The van der Waals surface area contributed by atoms with Crippen LogP contribution in [-0.4, -0.2) is 56.8 Å². The van der Waals surface area contributed by atoms with Gasteiger partial charge in [0.05, 0.1) is 11.3 Å². The summed E-state index contributed by atoms with van der Waals surface area (Å²) < 4.78 is 47.8. The summed E-state index contributed by atoms with van der Waals surface area (Å²) in [7, 11) is 0. The minimum Gasteiger partial charge on any atom is -0.488 e. The number of nitrogens with one attached hydrogen (secondary N) is 1. The topological polar surface area (TPSA) is 77.8 Å². The Bertz CT molecular complexity index is 992. The van der Waals surface area contributed by atoms with E-state index in [0.29, 0.717) is 18.5 Å². The van der Waals surface area contributed by atoms with Crippen LogP contribution in [0.3, 0.4) is 0 Å². The number of nitrogens with zero attached hydrogens (tertiary/aromatic N) is 2. The molecule has 1 heterocycles. The molecule has 0 saturated heterocycles. The van der Waals surface area contributed by atoms with Crippen molar-refractivity contribution in [3.8, 4) is 17.6 Å². The average molecular weight is 478 g/mol. The summed E-state index contributed by atoms with van der Waals surface area (Å²) in [6.45, 7) is 3.15. The Kier molecular flexibility index (Phi) is 9.02. The lowest BCUT2D eigenvalue weighted by Gasteiger charge is -2.21. The number of nitriles is 1. The Balaban J connectivity index is 1.50. The summed E-state index contributed by atoms with van der Waals surface area (Å²) in [6, 6.07) is 12.8. The van der Waals surface area contributed by atoms with Crippen LogP contribution in [0.25, 0.3) is 0 Å². The Morgan fingerprint density at radius 2 is 1.94 bits per heavy atom. The van der Waals surface area contributed by atoms with E-state index in [1.54, 1.807) is 18.2 Å². The summed E-state index contributed by atoms with van der Waals surface area (Å²) in [6.07, 6.45) is -2.13. The molecule has 0 radical (unpaired) electrons. The molecular formula is C25H30F3N3O3. The molecule has 2 N–H and O–H groups in total. The number of anilines is 1. The van der Waals surface area contributed by atoms with Crippen LogP contribution in [0, 0.1) is 11.3 Å². The summed E-state index contributed by atoms with van der Waals surface area (Å²) in [5.74, 6) is 0.326. The van der Waals surface area contributed by atoms with E-state index in [4.69, 9.17) is 14.6 Å². The second-order valence-electron chi connectivity index (χ2n) is 8.34. The zero-order valence-electron chi connectivity index (χ0n) is 19.2. The largest absolute Gasteiger partial charge is 0.488 e. The van der Waals surface area contributed by atoms with E-state index in [9.17, 15) is 18.4 Å².